The highest BCUT2D eigenvalue weighted by atomic mass is 16.7. The highest BCUT2D eigenvalue weighted by Gasteiger charge is 2.49. The van der Waals surface area contributed by atoms with Gasteiger partial charge in [-0.1, -0.05) is 0 Å². The van der Waals surface area contributed by atoms with Crippen LogP contribution in [0.4, 0.5) is 0 Å². The molecule has 0 bridgehead atoms. The number of hydrogen-bond acceptors (Lipinski definition) is 10. The summed E-state index contributed by atoms with van der Waals surface area (Å²) >= 11 is 0. The number of ether oxygens (including phenoxy) is 4. The van der Waals surface area contributed by atoms with Crippen LogP contribution in [0.2, 0.25) is 0 Å². The normalized spacial score (nSPS) is 44.4. The number of carbonyl (C=O) groups is 1. The summed E-state index contributed by atoms with van der Waals surface area (Å²) in [6, 6.07) is -0.505. The van der Waals surface area contributed by atoms with Crippen LogP contribution in [0.5, 0.6) is 0 Å². The van der Waals surface area contributed by atoms with Crippen molar-refractivity contribution in [3.63, 3.8) is 0 Å². The van der Waals surface area contributed by atoms with Gasteiger partial charge in [0.2, 0.25) is 5.91 Å². The molecule has 4 fully saturated rings. The largest absolute Gasteiger partial charge is 0.394 e. The third-order valence-electron chi connectivity index (χ3n) is 7.71. The Bertz CT molecular complexity index is 691. The summed E-state index contributed by atoms with van der Waals surface area (Å²) < 4.78 is 23.6. The van der Waals surface area contributed by atoms with E-state index in [-0.39, 0.29) is 31.1 Å². The Labute approximate surface area is 200 Å². The van der Waals surface area contributed by atoms with Gasteiger partial charge in [-0.25, -0.2) is 0 Å². The van der Waals surface area contributed by atoms with E-state index in [1.807, 2.05) is 6.92 Å². The van der Waals surface area contributed by atoms with Crippen molar-refractivity contribution >= 4 is 5.91 Å². The highest BCUT2D eigenvalue weighted by Crippen LogP contribution is 2.37. The fraction of sp³-hybridized carbons (Fsp3) is 0.957. The zero-order valence-electron chi connectivity index (χ0n) is 20.0. The van der Waals surface area contributed by atoms with E-state index < -0.39 is 42.3 Å². The summed E-state index contributed by atoms with van der Waals surface area (Å²) in [6.07, 6.45) is -1.93. The van der Waals surface area contributed by atoms with Crippen molar-refractivity contribution in [2.24, 2.45) is 11.8 Å². The van der Waals surface area contributed by atoms with Gasteiger partial charge < -0.3 is 49.6 Å². The topological polar surface area (TPSA) is 150 Å². The molecule has 11 heteroatoms. The summed E-state index contributed by atoms with van der Waals surface area (Å²) in [6.45, 7) is 6.22. The molecule has 5 N–H and O–H groups in total. The number of aliphatic hydroxyl groups is 4. The maximum Gasteiger partial charge on any atom is 0.217 e. The Balaban J connectivity index is 1.25. The molecular weight excluding hydrogens is 448 g/mol. The molecule has 11 nitrogen and oxygen atoms in total. The Morgan fingerprint density at radius 2 is 1.79 bits per heavy atom. The van der Waals surface area contributed by atoms with Crippen molar-refractivity contribution in [1.29, 1.82) is 0 Å². The first kappa shape index (κ1) is 26.2. The van der Waals surface area contributed by atoms with Gasteiger partial charge in [-0.2, -0.15) is 0 Å². The molecule has 0 spiro atoms. The number of nitrogens with zero attached hydrogens (tertiary/aromatic N) is 1. The molecule has 0 aromatic rings. The number of piperidine rings is 1. The van der Waals surface area contributed by atoms with Crippen molar-refractivity contribution in [1.82, 2.24) is 10.2 Å². The van der Waals surface area contributed by atoms with Crippen molar-refractivity contribution in [3.8, 4) is 0 Å². The molecule has 4 rings (SSSR count). The van der Waals surface area contributed by atoms with Gasteiger partial charge in [0.25, 0.3) is 0 Å². The first-order valence-electron chi connectivity index (χ1n) is 12.4. The van der Waals surface area contributed by atoms with Crippen molar-refractivity contribution in [2.45, 2.75) is 81.6 Å². The summed E-state index contributed by atoms with van der Waals surface area (Å²) in [5, 5.41) is 43.3. The minimum Gasteiger partial charge on any atom is -0.394 e. The van der Waals surface area contributed by atoms with Crippen LogP contribution in [0.1, 0.15) is 33.1 Å². The van der Waals surface area contributed by atoms with Crippen LogP contribution in [-0.2, 0) is 23.7 Å². The van der Waals surface area contributed by atoms with Gasteiger partial charge in [0, 0.05) is 25.8 Å². The molecule has 0 saturated carbocycles. The van der Waals surface area contributed by atoms with Gasteiger partial charge in [-0.3, -0.25) is 4.79 Å². The smallest absolute Gasteiger partial charge is 0.217 e. The molecule has 4 aliphatic rings. The summed E-state index contributed by atoms with van der Waals surface area (Å²) in [5.41, 5.74) is 0. The lowest BCUT2D eigenvalue weighted by atomic mass is 9.87. The molecule has 4 saturated heterocycles. The quantitative estimate of drug-likeness (QED) is 0.290. The average molecular weight is 489 g/mol. The molecule has 1 unspecified atom stereocenters. The molecule has 0 aliphatic carbocycles. The molecule has 1 amide bonds. The molecule has 4 aliphatic heterocycles. The SMILES string of the molecule is CC(=O)N[C@@H]1CO[C@@H]2COC(C)(CC3CCN(C[C@@H]4CO[C@H](CO)[C@H](O)[C@@H]4O)CC3)O[C@@H]2[C@@H]1O. The Hall–Kier alpha value is -0.890. The molecule has 0 aromatic heterocycles. The highest BCUT2D eigenvalue weighted by molar-refractivity contribution is 5.73. The fourth-order valence-electron chi connectivity index (χ4n) is 5.73. The molecule has 0 aromatic carbocycles. The van der Waals surface area contributed by atoms with Crippen LogP contribution in [0.15, 0.2) is 0 Å². The molecule has 0 radical (unpaired) electrons. The monoisotopic (exact) mass is 488 g/mol. The zero-order chi connectivity index (χ0) is 24.5. The number of amides is 1. The lowest BCUT2D eigenvalue weighted by Gasteiger charge is -2.49. The number of hydrogen-bond donors (Lipinski definition) is 5. The third kappa shape index (κ3) is 5.91. The maximum atomic E-state index is 11.4. The van der Waals surface area contributed by atoms with Gasteiger partial charge in [0.05, 0.1) is 38.6 Å². The van der Waals surface area contributed by atoms with Gasteiger partial charge in [0.1, 0.15) is 30.5 Å². The van der Waals surface area contributed by atoms with E-state index in [1.165, 1.54) is 6.92 Å². The first-order chi connectivity index (χ1) is 16.2. The van der Waals surface area contributed by atoms with Crippen LogP contribution >= 0.6 is 0 Å². The molecular formula is C23H40N2O9. The van der Waals surface area contributed by atoms with Crippen LogP contribution in [0.25, 0.3) is 0 Å². The second-order valence-electron chi connectivity index (χ2n) is 10.4. The first-order valence-corrected chi connectivity index (χ1v) is 12.4. The molecule has 196 valence electrons. The van der Waals surface area contributed by atoms with Crippen molar-refractivity contribution in [2.75, 3.05) is 46.1 Å². The standard InChI is InChI=1S/C23H40N2O9/c1-13(27)24-16-11-32-18-12-33-23(2,34-22(18)20(16)29)7-14-3-5-25(6-4-14)8-15-10-31-17(9-26)21(30)19(15)28/h14-22,26,28-30H,3-12H2,1-2H3,(H,24,27)/t15-,16-,17-,18-,19-,20-,21+,22+,23?/m1/s1. The number of rotatable bonds is 6. The van der Waals surface area contributed by atoms with E-state index >= 15 is 0 Å². The second-order valence-corrected chi connectivity index (χ2v) is 10.4. The molecule has 9 atom stereocenters. The number of likely N-dealkylation sites (tertiary alicyclic amines) is 1. The van der Waals surface area contributed by atoms with E-state index in [9.17, 15) is 25.2 Å². The average Bonchev–Trinajstić information content (AvgIpc) is 2.80. The van der Waals surface area contributed by atoms with Gasteiger partial charge in [-0.05, 0) is 38.8 Å². The van der Waals surface area contributed by atoms with E-state index in [0.717, 1.165) is 25.9 Å². The van der Waals surface area contributed by atoms with Gasteiger partial charge in [-0.15, -0.1) is 0 Å². The number of carbonyl (C=O) groups excluding carboxylic acids is 1. The van der Waals surface area contributed by atoms with Gasteiger partial charge in [0.15, 0.2) is 5.79 Å². The van der Waals surface area contributed by atoms with E-state index in [1.54, 1.807) is 0 Å². The lowest BCUT2D eigenvalue weighted by Crippen LogP contribution is -2.65. The van der Waals surface area contributed by atoms with E-state index in [2.05, 4.69) is 10.2 Å². The Morgan fingerprint density at radius 1 is 1.06 bits per heavy atom. The van der Waals surface area contributed by atoms with Crippen LogP contribution < -0.4 is 5.32 Å². The van der Waals surface area contributed by atoms with Crippen LogP contribution in [0, 0.1) is 11.8 Å². The molecule has 34 heavy (non-hydrogen) atoms. The zero-order valence-corrected chi connectivity index (χ0v) is 20.0. The second kappa shape index (κ2) is 11.0. The predicted molar refractivity (Wildman–Crippen MR) is 119 cm³/mol. The molecule has 4 heterocycles. The summed E-state index contributed by atoms with van der Waals surface area (Å²) in [7, 11) is 0. The van der Waals surface area contributed by atoms with Crippen molar-refractivity contribution in [3.05, 3.63) is 0 Å². The maximum absolute atomic E-state index is 11.4. The van der Waals surface area contributed by atoms with Crippen LogP contribution in [-0.4, -0.2) is 126 Å². The fourth-order valence-corrected chi connectivity index (χ4v) is 5.73. The lowest BCUT2D eigenvalue weighted by molar-refractivity contribution is -0.350. The number of aliphatic hydroxyl groups excluding tert-OH is 4. The van der Waals surface area contributed by atoms with E-state index in [4.69, 9.17) is 18.9 Å². The number of nitrogens with one attached hydrogen (secondary N) is 1. The van der Waals surface area contributed by atoms with Crippen molar-refractivity contribution < 1.29 is 44.2 Å². The predicted octanol–water partition coefficient (Wildman–Crippen LogP) is -1.79. The van der Waals surface area contributed by atoms with Crippen LogP contribution in [0.3, 0.4) is 0 Å². The minimum absolute atomic E-state index is 0.196. The summed E-state index contributed by atoms with van der Waals surface area (Å²) in [5.74, 6) is -0.879. The third-order valence-corrected chi connectivity index (χ3v) is 7.71. The van der Waals surface area contributed by atoms with E-state index in [0.29, 0.717) is 32.1 Å². The Morgan fingerprint density at radius 3 is 2.47 bits per heavy atom. The Kier molecular flexibility index (Phi) is 8.48. The summed E-state index contributed by atoms with van der Waals surface area (Å²) in [4.78, 5) is 13.7. The van der Waals surface area contributed by atoms with Gasteiger partial charge >= 0.3 is 0 Å². The number of fused-ring (bicyclic) bond motifs is 1. The minimum atomic E-state index is -1.07.